The van der Waals surface area contributed by atoms with Crippen LogP contribution in [0.15, 0.2) is 77.7 Å². The summed E-state index contributed by atoms with van der Waals surface area (Å²) in [6.45, 7) is 3.12. The lowest BCUT2D eigenvalue weighted by Crippen LogP contribution is -2.35. The first-order chi connectivity index (χ1) is 16.7. The standard InChI is InChI=1S/C27H32N4O3S/c1-3-4-7-17-31(19-20-9-8-10-22(18-20)26(28)29)27(32)30-23-15-13-21(14-16-23)24-11-5-6-12-25(24)35(2,33)34/h5-6,8-16,18H,3-4,7,17,19H2,1-2H3,(H3,28,29)(H,30,32). The molecule has 0 radical (unpaired) electrons. The van der Waals surface area contributed by atoms with Crippen LogP contribution < -0.4 is 11.1 Å². The molecule has 3 aromatic carbocycles. The van der Waals surface area contributed by atoms with Gasteiger partial charge in [0, 0.05) is 36.2 Å². The third-order valence-corrected chi connectivity index (χ3v) is 6.82. The highest BCUT2D eigenvalue weighted by molar-refractivity contribution is 7.90. The van der Waals surface area contributed by atoms with Crippen LogP contribution in [0.1, 0.15) is 37.3 Å². The monoisotopic (exact) mass is 492 g/mol. The molecule has 0 aliphatic heterocycles. The molecule has 0 aliphatic carbocycles. The summed E-state index contributed by atoms with van der Waals surface area (Å²) in [4.78, 5) is 15.2. The number of amides is 2. The van der Waals surface area contributed by atoms with Crippen LogP contribution in [0.5, 0.6) is 0 Å². The Labute approximate surface area is 207 Å². The average molecular weight is 493 g/mol. The van der Waals surface area contributed by atoms with Gasteiger partial charge in [0.15, 0.2) is 9.84 Å². The first-order valence-corrected chi connectivity index (χ1v) is 13.5. The van der Waals surface area contributed by atoms with Crippen LogP contribution in [-0.4, -0.2) is 38.0 Å². The number of amidine groups is 1. The van der Waals surface area contributed by atoms with Crippen molar-refractivity contribution in [1.82, 2.24) is 4.90 Å². The van der Waals surface area contributed by atoms with Gasteiger partial charge in [0.05, 0.1) is 4.90 Å². The second-order valence-electron chi connectivity index (χ2n) is 8.52. The minimum absolute atomic E-state index is 0.00799. The van der Waals surface area contributed by atoms with Gasteiger partial charge in [-0.2, -0.15) is 0 Å². The van der Waals surface area contributed by atoms with Gasteiger partial charge in [0.1, 0.15) is 5.84 Å². The van der Waals surface area contributed by atoms with Gasteiger partial charge in [-0.1, -0.05) is 68.3 Å². The number of sulfone groups is 1. The van der Waals surface area contributed by atoms with Crippen LogP contribution in [0.25, 0.3) is 11.1 Å². The summed E-state index contributed by atoms with van der Waals surface area (Å²) < 4.78 is 24.3. The number of nitrogens with one attached hydrogen (secondary N) is 2. The Morgan fingerprint density at radius 3 is 2.37 bits per heavy atom. The van der Waals surface area contributed by atoms with Crippen LogP contribution in [0.3, 0.4) is 0 Å². The fourth-order valence-corrected chi connectivity index (χ4v) is 4.74. The molecule has 8 heteroatoms. The van der Waals surface area contributed by atoms with Crippen LogP contribution in [0.2, 0.25) is 0 Å². The van der Waals surface area contributed by atoms with Crippen molar-refractivity contribution in [2.75, 3.05) is 18.1 Å². The van der Waals surface area contributed by atoms with E-state index in [2.05, 4.69) is 12.2 Å². The first kappa shape index (κ1) is 26.0. The molecule has 0 unspecified atom stereocenters. The minimum atomic E-state index is -3.37. The molecule has 0 spiro atoms. The van der Waals surface area contributed by atoms with Crippen LogP contribution in [0, 0.1) is 5.41 Å². The Hall–Kier alpha value is -3.65. The van der Waals surface area contributed by atoms with E-state index in [4.69, 9.17) is 11.1 Å². The number of nitrogens with two attached hydrogens (primary N) is 1. The minimum Gasteiger partial charge on any atom is -0.384 e. The Morgan fingerprint density at radius 2 is 1.71 bits per heavy atom. The SMILES string of the molecule is CCCCCN(Cc1cccc(C(=N)N)c1)C(=O)Nc1ccc(-c2ccccc2S(C)(=O)=O)cc1. The average Bonchev–Trinajstić information content (AvgIpc) is 2.83. The van der Waals surface area contributed by atoms with Crippen molar-refractivity contribution >= 4 is 27.4 Å². The van der Waals surface area contributed by atoms with Gasteiger partial charge in [-0.25, -0.2) is 13.2 Å². The number of benzene rings is 3. The third kappa shape index (κ3) is 7.16. The highest BCUT2D eigenvalue weighted by atomic mass is 32.2. The molecule has 0 saturated carbocycles. The van der Waals surface area contributed by atoms with Gasteiger partial charge in [0.2, 0.25) is 0 Å². The molecule has 0 fully saturated rings. The topological polar surface area (TPSA) is 116 Å². The van der Waals surface area contributed by atoms with Gasteiger partial charge in [-0.15, -0.1) is 0 Å². The van der Waals surface area contributed by atoms with Crippen molar-refractivity contribution in [3.8, 4) is 11.1 Å². The smallest absolute Gasteiger partial charge is 0.322 e. The number of nitrogens with zero attached hydrogens (tertiary/aromatic N) is 1. The summed E-state index contributed by atoms with van der Waals surface area (Å²) in [5, 5.41) is 10.6. The van der Waals surface area contributed by atoms with E-state index in [1.807, 2.05) is 18.2 Å². The van der Waals surface area contributed by atoms with Crippen LogP contribution in [0.4, 0.5) is 10.5 Å². The number of anilines is 1. The summed E-state index contributed by atoms with van der Waals surface area (Å²) in [5.74, 6) is -0.00799. The van der Waals surface area contributed by atoms with E-state index in [0.29, 0.717) is 29.9 Å². The van der Waals surface area contributed by atoms with Crippen molar-refractivity contribution in [2.24, 2.45) is 5.73 Å². The highest BCUT2D eigenvalue weighted by Gasteiger charge is 2.16. The zero-order chi connectivity index (χ0) is 25.4. The molecule has 0 bridgehead atoms. The quantitative estimate of drug-likeness (QED) is 0.203. The molecular weight excluding hydrogens is 460 g/mol. The molecule has 0 saturated heterocycles. The second-order valence-corrected chi connectivity index (χ2v) is 10.5. The fraction of sp³-hybridized carbons (Fsp3) is 0.259. The number of carbonyl (C=O) groups is 1. The van der Waals surface area contributed by atoms with Crippen LogP contribution in [-0.2, 0) is 16.4 Å². The molecular formula is C27H32N4O3S. The number of hydrogen-bond acceptors (Lipinski definition) is 4. The molecule has 0 atom stereocenters. The number of rotatable bonds is 10. The summed E-state index contributed by atoms with van der Waals surface area (Å²) in [7, 11) is -3.37. The lowest BCUT2D eigenvalue weighted by Gasteiger charge is -2.24. The lowest BCUT2D eigenvalue weighted by molar-refractivity contribution is 0.208. The number of unbranched alkanes of at least 4 members (excludes halogenated alkanes) is 2. The number of nitrogen functional groups attached to an aromatic ring is 1. The van der Waals surface area contributed by atoms with Gasteiger partial charge >= 0.3 is 6.03 Å². The lowest BCUT2D eigenvalue weighted by atomic mass is 10.1. The fourth-order valence-electron chi connectivity index (χ4n) is 3.83. The van der Waals surface area contributed by atoms with E-state index in [1.165, 1.54) is 6.26 Å². The predicted molar refractivity (Wildman–Crippen MR) is 141 cm³/mol. The van der Waals surface area contributed by atoms with Crippen LogP contribution >= 0.6 is 0 Å². The molecule has 35 heavy (non-hydrogen) atoms. The number of hydrogen-bond donors (Lipinski definition) is 3. The molecule has 4 N–H and O–H groups in total. The molecule has 184 valence electrons. The molecule has 0 heterocycles. The zero-order valence-corrected chi connectivity index (χ0v) is 20.9. The van der Waals surface area contributed by atoms with E-state index < -0.39 is 9.84 Å². The Balaban J connectivity index is 1.77. The predicted octanol–water partition coefficient (Wildman–Crippen LogP) is 5.27. The van der Waals surface area contributed by atoms with Crippen molar-refractivity contribution in [3.63, 3.8) is 0 Å². The summed E-state index contributed by atoms with van der Waals surface area (Å²) >= 11 is 0. The molecule has 7 nitrogen and oxygen atoms in total. The van der Waals surface area contributed by atoms with Crippen molar-refractivity contribution in [3.05, 3.63) is 83.9 Å². The maximum Gasteiger partial charge on any atom is 0.322 e. The molecule has 3 rings (SSSR count). The second kappa shape index (κ2) is 11.7. The molecule has 2 amide bonds. The van der Waals surface area contributed by atoms with Crippen molar-refractivity contribution < 1.29 is 13.2 Å². The van der Waals surface area contributed by atoms with Gasteiger partial charge in [0.25, 0.3) is 0 Å². The van der Waals surface area contributed by atoms with Gasteiger partial charge in [-0.3, -0.25) is 5.41 Å². The highest BCUT2D eigenvalue weighted by Crippen LogP contribution is 2.28. The Bertz CT molecular complexity index is 1290. The molecule has 0 aromatic heterocycles. The van der Waals surface area contributed by atoms with E-state index in [0.717, 1.165) is 30.4 Å². The van der Waals surface area contributed by atoms with Crippen molar-refractivity contribution in [2.45, 2.75) is 37.6 Å². The van der Waals surface area contributed by atoms with E-state index in [-0.39, 0.29) is 16.8 Å². The van der Waals surface area contributed by atoms with Gasteiger partial charge < -0.3 is 16.0 Å². The summed E-state index contributed by atoms with van der Waals surface area (Å²) in [5.41, 5.74) is 9.14. The normalized spacial score (nSPS) is 11.1. The third-order valence-electron chi connectivity index (χ3n) is 5.66. The number of urea groups is 1. The van der Waals surface area contributed by atoms with E-state index >= 15 is 0 Å². The maximum atomic E-state index is 13.1. The summed E-state index contributed by atoms with van der Waals surface area (Å²) in [6, 6.07) is 21.1. The zero-order valence-electron chi connectivity index (χ0n) is 20.1. The summed E-state index contributed by atoms with van der Waals surface area (Å²) in [6.07, 6.45) is 4.15. The Kier molecular flexibility index (Phi) is 8.65. The van der Waals surface area contributed by atoms with E-state index in [9.17, 15) is 13.2 Å². The van der Waals surface area contributed by atoms with Gasteiger partial charge in [-0.05, 0) is 41.8 Å². The van der Waals surface area contributed by atoms with Crippen molar-refractivity contribution in [1.29, 1.82) is 5.41 Å². The maximum absolute atomic E-state index is 13.1. The molecule has 3 aromatic rings. The molecule has 0 aliphatic rings. The first-order valence-electron chi connectivity index (χ1n) is 11.6. The van der Waals surface area contributed by atoms with E-state index in [1.54, 1.807) is 59.5 Å². The Morgan fingerprint density at radius 1 is 1.00 bits per heavy atom. The largest absolute Gasteiger partial charge is 0.384 e. The number of carbonyl (C=O) groups excluding carboxylic acids is 1.